The van der Waals surface area contributed by atoms with Crippen molar-refractivity contribution in [3.63, 3.8) is 0 Å². The van der Waals surface area contributed by atoms with Gasteiger partial charge in [0.05, 0.1) is 10.6 Å². The number of alkyl halides is 3. The van der Waals surface area contributed by atoms with E-state index in [1.165, 1.54) is 11.8 Å². The minimum Gasteiger partial charge on any atom is -0.387 e. The molecule has 20 heavy (non-hydrogen) atoms. The minimum atomic E-state index is -4.73. The molecule has 0 bridgehead atoms. The van der Waals surface area contributed by atoms with E-state index in [0.717, 1.165) is 12.1 Å². The van der Waals surface area contributed by atoms with E-state index < -0.39 is 38.3 Å². The maximum absolute atomic E-state index is 12.0. The van der Waals surface area contributed by atoms with Gasteiger partial charge < -0.3 is 5.32 Å². The van der Waals surface area contributed by atoms with E-state index in [1.807, 2.05) is 0 Å². The van der Waals surface area contributed by atoms with E-state index in [1.54, 1.807) is 0 Å². The highest BCUT2D eigenvalue weighted by atomic mass is 32.2. The molecule has 0 atom stereocenters. The van der Waals surface area contributed by atoms with Crippen LogP contribution in [0, 0.1) is 10.1 Å². The summed E-state index contributed by atoms with van der Waals surface area (Å²) in [6.45, 7) is -1.76. The van der Waals surface area contributed by atoms with Crippen molar-refractivity contribution < 1.29 is 26.5 Å². The molecular formula is C9H10F3N3O4S. The summed E-state index contributed by atoms with van der Waals surface area (Å²) in [7, 11) is -3.19. The molecule has 1 aromatic rings. The number of nitro benzene ring substituents is 1. The molecule has 0 heterocycles. The first-order valence-electron chi connectivity index (χ1n) is 5.09. The van der Waals surface area contributed by atoms with Crippen LogP contribution in [0.5, 0.6) is 0 Å². The Morgan fingerprint density at radius 2 is 1.95 bits per heavy atom. The zero-order chi connectivity index (χ0) is 15.6. The highest BCUT2D eigenvalue weighted by Gasteiger charge is 2.31. The van der Waals surface area contributed by atoms with Gasteiger partial charge >= 0.3 is 6.18 Å². The Morgan fingerprint density at radius 3 is 2.40 bits per heavy atom. The van der Waals surface area contributed by atoms with Crippen LogP contribution in [-0.4, -0.2) is 33.1 Å². The number of nitrogens with zero attached hydrogens (tertiary/aromatic N) is 1. The van der Waals surface area contributed by atoms with E-state index in [0.29, 0.717) is 6.07 Å². The van der Waals surface area contributed by atoms with Crippen LogP contribution in [0.3, 0.4) is 0 Å². The van der Waals surface area contributed by atoms with Gasteiger partial charge in [0.25, 0.3) is 5.69 Å². The molecule has 1 aromatic carbocycles. The molecule has 0 radical (unpaired) electrons. The summed E-state index contributed by atoms with van der Waals surface area (Å²) in [6.07, 6.45) is -4.73. The Hall–Kier alpha value is -1.88. The molecule has 11 heteroatoms. The molecule has 7 nitrogen and oxygen atoms in total. The smallest absolute Gasteiger partial charge is 0.387 e. The zero-order valence-electron chi connectivity index (χ0n) is 10.1. The van der Waals surface area contributed by atoms with E-state index in [-0.39, 0.29) is 5.69 Å². The molecule has 1 rings (SSSR count). The van der Waals surface area contributed by atoms with Gasteiger partial charge in [0.1, 0.15) is 11.4 Å². The molecule has 0 saturated heterocycles. The van der Waals surface area contributed by atoms with Crippen LogP contribution < -0.4 is 10.0 Å². The molecule has 0 saturated carbocycles. The topological polar surface area (TPSA) is 101 Å². The fraction of sp³-hybridized carbons (Fsp3) is 0.333. The van der Waals surface area contributed by atoms with Crippen molar-refractivity contribution in [2.75, 3.05) is 18.9 Å². The van der Waals surface area contributed by atoms with Crippen LogP contribution in [0.4, 0.5) is 24.5 Å². The van der Waals surface area contributed by atoms with Crippen LogP contribution >= 0.6 is 0 Å². The third-order valence-electron chi connectivity index (χ3n) is 2.20. The lowest BCUT2D eigenvalue weighted by molar-refractivity contribution is -0.385. The lowest BCUT2D eigenvalue weighted by Crippen LogP contribution is -2.34. The first-order valence-corrected chi connectivity index (χ1v) is 6.58. The third-order valence-corrected chi connectivity index (χ3v) is 3.64. The minimum absolute atomic E-state index is 0.0507. The average Bonchev–Trinajstić information content (AvgIpc) is 2.35. The monoisotopic (exact) mass is 313 g/mol. The standard InChI is InChI=1S/C9H10F3N3O4S/c1-13-7-3-2-6(15(16)17)4-8(7)20(18,19)14-5-9(10,11)12/h2-4,13-14H,5H2,1H3. The van der Waals surface area contributed by atoms with E-state index in [9.17, 15) is 31.7 Å². The third kappa shape index (κ3) is 4.06. The van der Waals surface area contributed by atoms with Crippen molar-refractivity contribution in [3.8, 4) is 0 Å². The maximum atomic E-state index is 12.0. The van der Waals surface area contributed by atoms with Crippen LogP contribution in [-0.2, 0) is 10.0 Å². The van der Waals surface area contributed by atoms with Crippen LogP contribution in [0.2, 0.25) is 0 Å². The number of hydrogen-bond donors (Lipinski definition) is 2. The Kier molecular flexibility index (Phi) is 4.55. The molecule has 112 valence electrons. The van der Waals surface area contributed by atoms with Crippen LogP contribution in [0.25, 0.3) is 0 Å². The lowest BCUT2D eigenvalue weighted by Gasteiger charge is -2.12. The highest BCUT2D eigenvalue weighted by Crippen LogP contribution is 2.26. The lowest BCUT2D eigenvalue weighted by atomic mass is 10.3. The normalized spacial score (nSPS) is 12.2. The molecule has 0 amide bonds. The van der Waals surface area contributed by atoms with Crippen molar-refractivity contribution in [3.05, 3.63) is 28.3 Å². The number of nitrogens with one attached hydrogen (secondary N) is 2. The fourth-order valence-electron chi connectivity index (χ4n) is 1.31. The first kappa shape index (κ1) is 16.2. The van der Waals surface area contributed by atoms with Gasteiger partial charge in [-0.3, -0.25) is 10.1 Å². The molecule has 0 unspecified atom stereocenters. The molecule has 0 fully saturated rings. The summed E-state index contributed by atoms with van der Waals surface area (Å²) < 4.78 is 61.0. The van der Waals surface area contributed by atoms with Crippen LogP contribution in [0.1, 0.15) is 0 Å². The van der Waals surface area contributed by atoms with Gasteiger partial charge in [-0.1, -0.05) is 0 Å². The number of hydrogen-bond acceptors (Lipinski definition) is 5. The van der Waals surface area contributed by atoms with Gasteiger partial charge in [0.2, 0.25) is 10.0 Å². The maximum Gasteiger partial charge on any atom is 0.402 e. The zero-order valence-corrected chi connectivity index (χ0v) is 10.9. The average molecular weight is 313 g/mol. The second kappa shape index (κ2) is 5.63. The highest BCUT2D eigenvalue weighted by molar-refractivity contribution is 7.89. The van der Waals surface area contributed by atoms with Gasteiger partial charge in [0.15, 0.2) is 0 Å². The van der Waals surface area contributed by atoms with E-state index in [2.05, 4.69) is 5.32 Å². The largest absolute Gasteiger partial charge is 0.402 e. The van der Waals surface area contributed by atoms with Crippen LogP contribution in [0.15, 0.2) is 23.1 Å². The number of non-ortho nitro benzene ring substituents is 1. The Balaban J connectivity index is 3.21. The van der Waals surface area contributed by atoms with Crippen molar-refractivity contribution >= 4 is 21.4 Å². The number of nitro groups is 1. The molecular weight excluding hydrogens is 303 g/mol. The molecule has 2 N–H and O–H groups in total. The number of benzene rings is 1. The summed E-state index contributed by atoms with van der Waals surface area (Å²) in [5.74, 6) is 0. The predicted molar refractivity (Wildman–Crippen MR) is 63.9 cm³/mol. The Morgan fingerprint density at radius 1 is 1.35 bits per heavy atom. The van der Waals surface area contributed by atoms with Crippen molar-refractivity contribution in [2.45, 2.75) is 11.1 Å². The van der Waals surface area contributed by atoms with Crippen molar-refractivity contribution in [2.24, 2.45) is 0 Å². The molecule has 0 aliphatic carbocycles. The van der Waals surface area contributed by atoms with E-state index in [4.69, 9.17) is 0 Å². The summed E-state index contributed by atoms with van der Waals surface area (Å²) in [6, 6.07) is 2.82. The van der Waals surface area contributed by atoms with Gasteiger partial charge in [-0.25, -0.2) is 13.1 Å². The number of halogens is 3. The van der Waals surface area contributed by atoms with Crippen molar-refractivity contribution in [1.82, 2.24) is 4.72 Å². The second-order valence-electron chi connectivity index (χ2n) is 3.63. The molecule has 0 spiro atoms. The first-order chi connectivity index (χ1) is 9.07. The molecule has 0 aliphatic heterocycles. The number of anilines is 1. The van der Waals surface area contributed by atoms with Crippen molar-refractivity contribution in [1.29, 1.82) is 0 Å². The van der Waals surface area contributed by atoms with Gasteiger partial charge in [0, 0.05) is 19.2 Å². The molecule has 0 aliphatic rings. The summed E-state index contributed by atoms with van der Waals surface area (Å²) in [4.78, 5) is 9.12. The Bertz CT molecular complexity index is 615. The number of sulfonamides is 1. The van der Waals surface area contributed by atoms with Gasteiger partial charge in [-0.15, -0.1) is 0 Å². The van der Waals surface area contributed by atoms with E-state index >= 15 is 0 Å². The summed E-state index contributed by atoms with van der Waals surface area (Å²) in [5.41, 5.74) is -0.596. The predicted octanol–water partition coefficient (Wildman–Crippen LogP) is 1.48. The Labute approximate surface area is 112 Å². The number of rotatable bonds is 5. The summed E-state index contributed by atoms with van der Waals surface area (Å²) >= 11 is 0. The van der Waals surface area contributed by atoms with Gasteiger partial charge in [-0.05, 0) is 6.07 Å². The SMILES string of the molecule is CNc1ccc([N+](=O)[O-])cc1S(=O)(=O)NCC(F)(F)F. The molecule has 0 aromatic heterocycles. The fourth-order valence-corrected chi connectivity index (χ4v) is 2.55. The second-order valence-corrected chi connectivity index (χ2v) is 5.36. The van der Waals surface area contributed by atoms with Gasteiger partial charge in [-0.2, -0.15) is 13.2 Å². The summed E-state index contributed by atoms with van der Waals surface area (Å²) in [5, 5.41) is 13.0. The quantitative estimate of drug-likeness (QED) is 0.633.